The lowest BCUT2D eigenvalue weighted by molar-refractivity contribution is 1.50. The molecule has 0 spiro atoms. The van der Waals surface area contributed by atoms with Crippen LogP contribution in [0, 0.1) is 5.41 Å². The molecule has 0 aromatic carbocycles. The summed E-state index contributed by atoms with van der Waals surface area (Å²) in [6.07, 6.45) is 0. The molecule has 2 nitrogen and oxygen atoms in total. The van der Waals surface area contributed by atoms with E-state index in [4.69, 9.17) is 22.7 Å². The maximum absolute atomic E-state index is 6.73. The van der Waals surface area contributed by atoms with Gasteiger partial charge in [0.25, 0.3) is 0 Å². The number of hydrogen-bond donors (Lipinski definition) is 2. The van der Waals surface area contributed by atoms with Gasteiger partial charge in [-0.15, -0.1) is 0 Å². The molecule has 0 aliphatic rings. The van der Waals surface area contributed by atoms with Crippen molar-refractivity contribution < 1.29 is 0 Å². The highest BCUT2D eigenvalue weighted by Crippen LogP contribution is 2.07. The molecule has 0 fully saturated rings. The average molecular weight is 151 g/mol. The minimum Gasteiger partial charge on any atom is -0.379 e. The third kappa shape index (κ3) is 5.85. The molecule has 0 aliphatic carbocycles. The first-order valence-corrected chi connectivity index (χ1v) is 3.29. The van der Waals surface area contributed by atoms with Gasteiger partial charge in [-0.1, -0.05) is 29.9 Å². The van der Waals surface area contributed by atoms with Crippen LogP contribution in [0.4, 0.5) is 0 Å². The second-order valence-electron chi connectivity index (χ2n) is 1.17. The van der Waals surface area contributed by atoms with E-state index in [-0.39, 0.29) is 5.17 Å². The molecule has 0 aromatic heterocycles. The first kappa shape index (κ1) is 7.85. The van der Waals surface area contributed by atoms with E-state index in [1.54, 1.807) is 0 Å². The number of nitrogens with two attached hydrogens (primary N) is 1. The molecule has 0 heterocycles. The van der Waals surface area contributed by atoms with Gasteiger partial charge < -0.3 is 5.73 Å². The smallest absolute Gasteiger partial charge is 0.151 e. The Labute approximate surface area is 57.6 Å². The number of nitrogens with one attached hydrogen (secondary N) is 1. The van der Waals surface area contributed by atoms with Gasteiger partial charge in [0, 0.05) is 10.8 Å². The quantitative estimate of drug-likeness (QED) is 0.462. The highest BCUT2D eigenvalue weighted by molar-refractivity contribution is 8.13. The Morgan fingerprint density at radius 1 is 1.88 bits per heavy atom. The molecular weight excluding hydrogens is 144 g/mol. The topological polar surface area (TPSA) is 49.9 Å². The van der Waals surface area contributed by atoms with Crippen LogP contribution in [0.25, 0.3) is 0 Å². The molecule has 0 bridgehead atoms. The number of thioether (sulfide) groups is 1. The van der Waals surface area contributed by atoms with Crippen LogP contribution in [0.3, 0.4) is 0 Å². The van der Waals surface area contributed by atoms with Crippen molar-refractivity contribution in [3.63, 3.8) is 0 Å². The van der Waals surface area contributed by atoms with Crippen molar-refractivity contribution in [3.05, 3.63) is 11.6 Å². The zero-order valence-electron chi connectivity index (χ0n) is 4.28. The zero-order valence-corrected chi connectivity index (χ0v) is 5.85. The summed E-state index contributed by atoms with van der Waals surface area (Å²) in [5.74, 6) is 0.525. The van der Waals surface area contributed by atoms with E-state index in [1.165, 1.54) is 11.8 Å². The third-order valence-electron chi connectivity index (χ3n) is 0.384. The molecule has 0 amide bonds. The van der Waals surface area contributed by atoms with Crippen molar-refractivity contribution >= 4 is 28.5 Å². The van der Waals surface area contributed by atoms with Gasteiger partial charge in [0.05, 0.1) is 0 Å². The van der Waals surface area contributed by atoms with Crippen LogP contribution in [-0.2, 0) is 0 Å². The summed E-state index contributed by atoms with van der Waals surface area (Å²) in [5, 5.41) is 7.32. The lowest BCUT2D eigenvalue weighted by Gasteiger charge is -1.92. The number of rotatable bonds is 2. The predicted octanol–water partition coefficient (Wildman–Crippen LogP) is 1.37. The summed E-state index contributed by atoms with van der Waals surface area (Å²) >= 11 is 6.52. The van der Waals surface area contributed by atoms with Crippen molar-refractivity contribution in [1.29, 1.82) is 5.41 Å². The van der Waals surface area contributed by atoms with Crippen LogP contribution in [0.1, 0.15) is 0 Å². The van der Waals surface area contributed by atoms with Gasteiger partial charge in [-0.05, 0) is 0 Å². The molecule has 0 rings (SSSR count). The molecule has 8 heavy (non-hydrogen) atoms. The monoisotopic (exact) mass is 150 g/mol. The second kappa shape index (κ2) is 3.80. The first-order chi connectivity index (χ1) is 3.63. The molecular formula is C4H7ClN2S. The largest absolute Gasteiger partial charge is 0.379 e. The Morgan fingerprint density at radius 2 is 2.38 bits per heavy atom. The molecule has 3 N–H and O–H groups in total. The predicted molar refractivity (Wildman–Crippen MR) is 39.4 cm³/mol. The van der Waals surface area contributed by atoms with Crippen molar-refractivity contribution in [2.45, 2.75) is 0 Å². The van der Waals surface area contributed by atoms with E-state index in [9.17, 15) is 0 Å². The van der Waals surface area contributed by atoms with Gasteiger partial charge in [-0.2, -0.15) is 0 Å². The Hall–Kier alpha value is -0.150. The summed E-state index contributed by atoms with van der Waals surface area (Å²) in [4.78, 5) is 0. The summed E-state index contributed by atoms with van der Waals surface area (Å²) in [6, 6.07) is 0. The fraction of sp³-hybridized carbons (Fsp3) is 0.250. The maximum atomic E-state index is 6.73. The number of halogens is 1. The second-order valence-corrected chi connectivity index (χ2v) is 2.72. The van der Waals surface area contributed by atoms with Gasteiger partial charge in [-0.25, -0.2) is 0 Å². The van der Waals surface area contributed by atoms with Crippen molar-refractivity contribution in [3.8, 4) is 0 Å². The molecule has 0 saturated heterocycles. The van der Waals surface area contributed by atoms with Gasteiger partial charge in [0.15, 0.2) is 5.17 Å². The van der Waals surface area contributed by atoms with Gasteiger partial charge in [0.1, 0.15) is 0 Å². The Bertz CT molecular complexity index is 98.6. The van der Waals surface area contributed by atoms with Crippen LogP contribution in [-0.4, -0.2) is 10.9 Å². The summed E-state index contributed by atoms with van der Waals surface area (Å²) in [5.41, 5.74) is 4.99. The molecule has 0 aliphatic heterocycles. The fourth-order valence-electron chi connectivity index (χ4n) is 0.156. The normalized spacial score (nSPS) is 8.62. The summed E-state index contributed by atoms with van der Waals surface area (Å²) < 4.78 is 0. The molecule has 0 radical (unpaired) electrons. The minimum atomic E-state index is 0.0757. The van der Waals surface area contributed by atoms with Crippen LogP contribution >= 0.6 is 23.4 Å². The van der Waals surface area contributed by atoms with E-state index in [0.717, 1.165) is 0 Å². The molecule has 0 atom stereocenters. The van der Waals surface area contributed by atoms with E-state index < -0.39 is 0 Å². The molecule has 0 saturated carbocycles. The fourth-order valence-corrected chi connectivity index (χ4v) is 0.632. The minimum absolute atomic E-state index is 0.0757. The van der Waals surface area contributed by atoms with E-state index in [2.05, 4.69) is 6.58 Å². The Kier molecular flexibility index (Phi) is 3.73. The van der Waals surface area contributed by atoms with E-state index in [1.807, 2.05) is 0 Å². The van der Waals surface area contributed by atoms with Crippen molar-refractivity contribution in [1.82, 2.24) is 0 Å². The van der Waals surface area contributed by atoms with Crippen LogP contribution in [0.5, 0.6) is 0 Å². The SMILES string of the molecule is C=C(Cl)CSC(=N)N. The van der Waals surface area contributed by atoms with Gasteiger partial charge in [-0.3, -0.25) is 5.41 Å². The summed E-state index contributed by atoms with van der Waals surface area (Å²) in [7, 11) is 0. The molecule has 4 heteroatoms. The highest BCUT2D eigenvalue weighted by atomic mass is 35.5. The maximum Gasteiger partial charge on any atom is 0.151 e. The zero-order chi connectivity index (χ0) is 6.57. The lowest BCUT2D eigenvalue weighted by atomic mass is 10.7. The first-order valence-electron chi connectivity index (χ1n) is 1.93. The standard InChI is InChI=1S/C4H7ClN2S/c1-3(5)2-8-4(6)7/h1-2H2,(H3,6,7). The highest BCUT2D eigenvalue weighted by Gasteiger charge is 1.90. The number of hydrogen-bond acceptors (Lipinski definition) is 2. The average Bonchev–Trinajstić information content (AvgIpc) is 1.61. The molecule has 0 unspecified atom stereocenters. The van der Waals surface area contributed by atoms with Gasteiger partial charge in [0.2, 0.25) is 0 Å². The summed E-state index contributed by atoms with van der Waals surface area (Å²) in [6.45, 7) is 3.42. The number of amidine groups is 1. The lowest BCUT2D eigenvalue weighted by Crippen LogP contribution is -2.04. The Balaban J connectivity index is 3.18. The van der Waals surface area contributed by atoms with E-state index in [0.29, 0.717) is 10.8 Å². The van der Waals surface area contributed by atoms with Crippen LogP contribution in [0.2, 0.25) is 0 Å². The third-order valence-corrected chi connectivity index (χ3v) is 1.48. The van der Waals surface area contributed by atoms with Crippen LogP contribution in [0.15, 0.2) is 11.6 Å². The van der Waals surface area contributed by atoms with Gasteiger partial charge >= 0.3 is 0 Å². The van der Waals surface area contributed by atoms with Crippen LogP contribution < -0.4 is 5.73 Å². The van der Waals surface area contributed by atoms with E-state index >= 15 is 0 Å². The van der Waals surface area contributed by atoms with Crippen molar-refractivity contribution in [2.24, 2.45) is 5.73 Å². The molecule has 46 valence electrons. The van der Waals surface area contributed by atoms with Crippen molar-refractivity contribution in [2.75, 3.05) is 5.75 Å². The molecule has 0 aromatic rings. The Morgan fingerprint density at radius 3 is 2.50 bits per heavy atom.